The number of methoxy groups -OCH3 is 1. The van der Waals surface area contributed by atoms with Gasteiger partial charge in [-0.3, -0.25) is 9.59 Å². The summed E-state index contributed by atoms with van der Waals surface area (Å²) in [6.07, 6.45) is 0. The highest BCUT2D eigenvalue weighted by atomic mass is 16.5. The first-order chi connectivity index (χ1) is 15.0. The lowest BCUT2D eigenvalue weighted by atomic mass is 9.95. The average molecular weight is 413 g/mol. The van der Waals surface area contributed by atoms with Crippen LogP contribution in [0.25, 0.3) is 5.76 Å². The van der Waals surface area contributed by atoms with Crippen LogP contribution < -0.4 is 4.74 Å². The fourth-order valence-electron chi connectivity index (χ4n) is 3.82. The molecule has 156 valence electrons. The minimum absolute atomic E-state index is 0.0925. The number of amides is 1. The second-order valence-electron chi connectivity index (χ2n) is 7.55. The summed E-state index contributed by atoms with van der Waals surface area (Å²) >= 11 is 0. The third-order valence-electron chi connectivity index (χ3n) is 5.49. The molecule has 3 aromatic carbocycles. The Labute approximate surface area is 181 Å². The van der Waals surface area contributed by atoms with Gasteiger partial charge in [-0.1, -0.05) is 72.3 Å². The van der Waals surface area contributed by atoms with Gasteiger partial charge in [0, 0.05) is 12.1 Å². The normalized spacial score (nSPS) is 17.7. The summed E-state index contributed by atoms with van der Waals surface area (Å²) in [5, 5.41) is 11.1. The van der Waals surface area contributed by atoms with Gasteiger partial charge in [-0.05, 0) is 30.2 Å². The van der Waals surface area contributed by atoms with Gasteiger partial charge in [0.15, 0.2) is 0 Å². The Morgan fingerprint density at radius 2 is 1.58 bits per heavy atom. The minimum atomic E-state index is -0.701. The van der Waals surface area contributed by atoms with Crippen molar-refractivity contribution in [2.45, 2.75) is 19.5 Å². The Bertz CT molecular complexity index is 1130. The third-order valence-corrected chi connectivity index (χ3v) is 5.49. The number of hydrogen-bond donors (Lipinski definition) is 1. The molecule has 1 saturated heterocycles. The zero-order chi connectivity index (χ0) is 22.0. The highest BCUT2D eigenvalue weighted by molar-refractivity contribution is 6.46. The number of likely N-dealkylation sites (tertiary alicyclic amines) is 1. The van der Waals surface area contributed by atoms with Crippen LogP contribution in [-0.4, -0.2) is 28.8 Å². The van der Waals surface area contributed by atoms with Gasteiger partial charge in [0.05, 0.1) is 18.7 Å². The zero-order valence-corrected chi connectivity index (χ0v) is 17.4. The second-order valence-corrected chi connectivity index (χ2v) is 7.55. The van der Waals surface area contributed by atoms with E-state index in [1.807, 2.05) is 61.5 Å². The number of carbonyl (C=O) groups excluding carboxylic acids is 2. The number of aliphatic hydroxyl groups is 1. The molecule has 31 heavy (non-hydrogen) atoms. The van der Waals surface area contributed by atoms with Crippen LogP contribution in [-0.2, 0) is 16.1 Å². The van der Waals surface area contributed by atoms with Gasteiger partial charge < -0.3 is 14.7 Å². The molecule has 1 N–H and O–H groups in total. The van der Waals surface area contributed by atoms with Crippen LogP contribution in [0.4, 0.5) is 0 Å². The van der Waals surface area contributed by atoms with Crippen molar-refractivity contribution < 1.29 is 19.4 Å². The highest BCUT2D eigenvalue weighted by Crippen LogP contribution is 2.40. The van der Waals surface area contributed by atoms with Crippen molar-refractivity contribution >= 4 is 17.4 Å². The number of Topliss-reactive ketones (excluding diaryl/α,β-unsaturated/α-hetero) is 1. The lowest BCUT2D eigenvalue weighted by Crippen LogP contribution is -2.29. The molecular formula is C26H23NO4. The SMILES string of the molecule is COc1ccc([C@H]2C(=C(O)c3ccc(C)cc3)C(=O)C(=O)N2Cc2ccccc2)cc1. The average Bonchev–Trinajstić information content (AvgIpc) is 3.05. The van der Waals surface area contributed by atoms with Crippen LogP contribution in [0.1, 0.15) is 28.3 Å². The first-order valence-corrected chi connectivity index (χ1v) is 10.0. The van der Waals surface area contributed by atoms with Gasteiger partial charge in [0.1, 0.15) is 11.5 Å². The van der Waals surface area contributed by atoms with Gasteiger partial charge in [0.2, 0.25) is 0 Å². The molecule has 3 aromatic rings. The van der Waals surface area contributed by atoms with Crippen LogP contribution in [0.15, 0.2) is 84.4 Å². The highest BCUT2D eigenvalue weighted by Gasteiger charge is 2.46. The number of benzene rings is 3. The summed E-state index contributed by atoms with van der Waals surface area (Å²) in [4.78, 5) is 27.6. The van der Waals surface area contributed by atoms with Gasteiger partial charge in [0.25, 0.3) is 11.7 Å². The number of ether oxygens (including phenoxy) is 1. The monoisotopic (exact) mass is 413 g/mol. The summed E-state index contributed by atoms with van der Waals surface area (Å²) in [6, 6.07) is 23.2. The van der Waals surface area contributed by atoms with E-state index in [-0.39, 0.29) is 17.9 Å². The van der Waals surface area contributed by atoms with Crippen molar-refractivity contribution in [1.82, 2.24) is 4.90 Å². The Morgan fingerprint density at radius 3 is 2.19 bits per heavy atom. The number of nitrogens with zero attached hydrogens (tertiary/aromatic N) is 1. The van der Waals surface area contributed by atoms with Gasteiger partial charge in [-0.15, -0.1) is 0 Å². The van der Waals surface area contributed by atoms with E-state index in [2.05, 4.69) is 0 Å². The van der Waals surface area contributed by atoms with Crippen molar-refractivity contribution in [1.29, 1.82) is 0 Å². The van der Waals surface area contributed by atoms with E-state index < -0.39 is 17.7 Å². The fourth-order valence-corrected chi connectivity index (χ4v) is 3.82. The molecule has 4 rings (SSSR count). The first-order valence-electron chi connectivity index (χ1n) is 10.0. The molecule has 0 bridgehead atoms. The van der Waals surface area contributed by atoms with E-state index in [0.29, 0.717) is 11.3 Å². The van der Waals surface area contributed by atoms with Gasteiger partial charge in [-0.2, -0.15) is 0 Å². The van der Waals surface area contributed by atoms with Crippen LogP contribution in [0.3, 0.4) is 0 Å². The van der Waals surface area contributed by atoms with Gasteiger partial charge >= 0.3 is 0 Å². The van der Waals surface area contributed by atoms with Crippen molar-refractivity contribution in [3.63, 3.8) is 0 Å². The number of aryl methyl sites for hydroxylation is 1. The maximum Gasteiger partial charge on any atom is 0.295 e. The maximum atomic E-state index is 13.1. The van der Waals surface area contributed by atoms with E-state index in [0.717, 1.165) is 16.7 Å². The molecule has 0 unspecified atom stereocenters. The molecule has 0 saturated carbocycles. The quantitative estimate of drug-likeness (QED) is 0.376. The summed E-state index contributed by atoms with van der Waals surface area (Å²) in [5.41, 5.74) is 3.26. The largest absolute Gasteiger partial charge is 0.507 e. The van der Waals surface area contributed by atoms with Crippen LogP contribution in [0.5, 0.6) is 5.75 Å². The molecule has 1 aliphatic heterocycles. The van der Waals surface area contributed by atoms with E-state index >= 15 is 0 Å². The Kier molecular flexibility index (Phi) is 5.58. The summed E-state index contributed by atoms with van der Waals surface area (Å²) in [6.45, 7) is 2.20. The first kappa shape index (κ1) is 20.4. The molecule has 1 heterocycles. The predicted molar refractivity (Wildman–Crippen MR) is 118 cm³/mol. The number of hydrogen-bond acceptors (Lipinski definition) is 4. The number of carbonyl (C=O) groups is 2. The van der Waals surface area contributed by atoms with Crippen molar-refractivity contribution in [2.75, 3.05) is 7.11 Å². The van der Waals surface area contributed by atoms with E-state index in [4.69, 9.17) is 4.74 Å². The molecule has 0 aromatic heterocycles. The smallest absolute Gasteiger partial charge is 0.295 e. The predicted octanol–water partition coefficient (Wildman–Crippen LogP) is 4.63. The molecule has 1 atom stereocenters. The fraction of sp³-hybridized carbons (Fsp3) is 0.154. The van der Waals surface area contributed by atoms with Crippen LogP contribution >= 0.6 is 0 Å². The minimum Gasteiger partial charge on any atom is -0.507 e. The van der Waals surface area contributed by atoms with Crippen LogP contribution in [0.2, 0.25) is 0 Å². The molecule has 1 amide bonds. The maximum absolute atomic E-state index is 13.1. The number of rotatable bonds is 5. The lowest BCUT2D eigenvalue weighted by molar-refractivity contribution is -0.140. The molecule has 5 heteroatoms. The van der Waals surface area contributed by atoms with Crippen molar-refractivity contribution in [3.8, 4) is 5.75 Å². The molecule has 0 aliphatic carbocycles. The second kappa shape index (κ2) is 8.48. The topological polar surface area (TPSA) is 66.8 Å². The zero-order valence-electron chi connectivity index (χ0n) is 17.4. The van der Waals surface area contributed by atoms with Gasteiger partial charge in [-0.25, -0.2) is 0 Å². The summed E-state index contributed by atoms with van der Waals surface area (Å²) in [7, 11) is 1.58. The number of ketones is 1. The molecule has 0 spiro atoms. The summed E-state index contributed by atoms with van der Waals surface area (Å²) in [5.74, 6) is -0.815. The standard InChI is InChI=1S/C26H23NO4/c1-17-8-10-20(11-9-17)24(28)22-23(19-12-14-21(31-2)15-13-19)27(26(30)25(22)29)16-18-6-4-3-5-7-18/h3-15,23,28H,16H2,1-2H3/t23-/m0/s1. The van der Waals surface area contributed by atoms with E-state index in [1.165, 1.54) is 4.90 Å². The Balaban J connectivity index is 1.85. The molecule has 1 fully saturated rings. The lowest BCUT2D eigenvalue weighted by Gasteiger charge is -2.25. The Hall–Kier alpha value is -3.86. The molecular weight excluding hydrogens is 390 g/mol. The van der Waals surface area contributed by atoms with E-state index in [9.17, 15) is 14.7 Å². The van der Waals surface area contributed by atoms with E-state index in [1.54, 1.807) is 31.4 Å². The third kappa shape index (κ3) is 3.94. The van der Waals surface area contributed by atoms with Crippen molar-refractivity contribution in [3.05, 3.63) is 107 Å². The summed E-state index contributed by atoms with van der Waals surface area (Å²) < 4.78 is 5.24. The number of aliphatic hydroxyl groups excluding tert-OH is 1. The van der Waals surface area contributed by atoms with Crippen molar-refractivity contribution in [2.24, 2.45) is 0 Å². The molecule has 5 nitrogen and oxygen atoms in total. The Morgan fingerprint density at radius 1 is 0.935 bits per heavy atom. The van der Waals surface area contributed by atoms with Crippen LogP contribution in [0, 0.1) is 6.92 Å². The molecule has 0 radical (unpaired) electrons. The molecule has 1 aliphatic rings.